The quantitative estimate of drug-likeness (QED) is 0.246. The van der Waals surface area contributed by atoms with Crippen molar-refractivity contribution in [3.63, 3.8) is 0 Å². The van der Waals surface area contributed by atoms with Crippen LogP contribution in [0, 0.1) is 45.8 Å². The minimum Gasteiger partial charge on any atom is -0.374 e. The molecular weight excluding hydrogens is 1130 g/mol. The highest BCUT2D eigenvalue weighted by Crippen LogP contribution is 2.44. The first-order chi connectivity index (χ1) is 42.5. The van der Waals surface area contributed by atoms with Crippen molar-refractivity contribution in [2.75, 3.05) is 192 Å². The number of fused-ring (bicyclic) bond motifs is 3. The normalized spacial score (nSPS) is 32.7. The van der Waals surface area contributed by atoms with Crippen LogP contribution >= 0.6 is 0 Å². The largest absolute Gasteiger partial charge is 0.374 e. The Balaban J connectivity index is 0.000000152. The SMILES string of the molecule is CC(C)(C)N1CC2(CCCNC2)C1.CC(C)(C)N1CC2(CCNCC2)C1.CC(C)(C)N1CCC2(CCCNC2)C1.CC(C)(C)N1C[C@H]2CCC[C@H]2C1.CN(C)CC1CN(C(C)(C)C)CCO1.CN1CC[C@@H]2CN(C(C)(C)C)C[C@@H]21.CN1C[C@@H]2CN(C(C)(C)C)C[C@@H]2C1. The lowest BCUT2D eigenvalue weighted by atomic mass is 9.71. The van der Waals surface area contributed by atoms with E-state index in [9.17, 15) is 0 Å². The predicted molar refractivity (Wildman–Crippen MR) is 396 cm³/mol. The fourth-order valence-electron chi connectivity index (χ4n) is 18.1. The van der Waals surface area contributed by atoms with E-state index >= 15 is 0 Å². The Hall–Kier alpha value is -0.560. The van der Waals surface area contributed by atoms with Gasteiger partial charge in [-0.05, 0) is 317 Å². The fraction of sp³-hybridized carbons (Fsp3) is 1.00. The van der Waals surface area contributed by atoms with Crippen LogP contribution in [0.1, 0.15) is 216 Å². The zero-order valence-corrected chi connectivity index (χ0v) is 65.9. The minimum absolute atomic E-state index is 0.272. The van der Waals surface area contributed by atoms with Gasteiger partial charge >= 0.3 is 0 Å². The Labute approximate surface area is 571 Å². The van der Waals surface area contributed by atoms with E-state index < -0.39 is 0 Å². The van der Waals surface area contributed by atoms with E-state index in [1.54, 1.807) is 0 Å². The summed E-state index contributed by atoms with van der Waals surface area (Å²) in [5.41, 5.74) is 4.50. The zero-order valence-electron chi connectivity index (χ0n) is 65.9. The number of hydrogen-bond acceptors (Lipinski definition) is 14. The Kier molecular flexibility index (Phi) is 27.4. The first-order valence-electron chi connectivity index (χ1n) is 38.5. The number of ether oxygens (including phenoxy) is 1. The van der Waals surface area contributed by atoms with Gasteiger partial charge in [0.2, 0.25) is 0 Å². The van der Waals surface area contributed by atoms with Crippen LogP contribution in [-0.2, 0) is 4.74 Å². The molecule has 12 saturated heterocycles. The summed E-state index contributed by atoms with van der Waals surface area (Å²) in [7, 11) is 8.72. The van der Waals surface area contributed by atoms with Gasteiger partial charge in [-0.3, -0.25) is 34.3 Å². The number of piperidine rings is 3. The number of nitrogens with one attached hydrogen (secondary N) is 3. The molecule has 2 unspecified atom stereocenters. The number of likely N-dealkylation sites (tertiary alicyclic amines) is 8. The molecule has 540 valence electrons. The number of morpholine rings is 1. The summed E-state index contributed by atoms with van der Waals surface area (Å²) in [6.07, 6.45) is 16.1. The van der Waals surface area contributed by atoms with E-state index in [4.69, 9.17) is 4.74 Å². The van der Waals surface area contributed by atoms with E-state index in [-0.39, 0.29) is 5.54 Å². The van der Waals surface area contributed by atoms with E-state index in [1.165, 1.54) is 208 Å². The molecule has 13 aliphatic rings. The van der Waals surface area contributed by atoms with Crippen LogP contribution in [0.5, 0.6) is 0 Å². The molecule has 12 heterocycles. The topological polar surface area (TPSA) is 77.7 Å². The van der Waals surface area contributed by atoms with Gasteiger partial charge in [0.1, 0.15) is 0 Å². The second kappa shape index (κ2) is 32.0. The summed E-state index contributed by atoms with van der Waals surface area (Å²) >= 11 is 0. The predicted octanol–water partition coefficient (Wildman–Crippen LogP) is 11.1. The number of nitrogens with zero attached hydrogens (tertiary/aromatic N) is 10. The lowest BCUT2D eigenvalue weighted by molar-refractivity contribution is -0.0747. The average Bonchev–Trinajstić information content (AvgIpc) is 1.50. The maximum absolute atomic E-state index is 5.73. The van der Waals surface area contributed by atoms with Crippen LogP contribution in [0.4, 0.5) is 0 Å². The smallest absolute Gasteiger partial charge is 0.0829 e. The molecule has 0 aromatic carbocycles. The monoisotopic (exact) mass is 1290 g/mol. The molecule has 14 nitrogen and oxygen atoms in total. The maximum Gasteiger partial charge on any atom is 0.0829 e. The van der Waals surface area contributed by atoms with Crippen LogP contribution in [0.3, 0.4) is 0 Å². The third-order valence-corrected chi connectivity index (χ3v) is 24.9. The summed E-state index contributed by atoms with van der Waals surface area (Å²) in [4.78, 5) is 25.5. The van der Waals surface area contributed by atoms with Crippen molar-refractivity contribution in [1.82, 2.24) is 64.9 Å². The van der Waals surface area contributed by atoms with Crippen molar-refractivity contribution in [2.24, 2.45) is 45.8 Å². The van der Waals surface area contributed by atoms with Gasteiger partial charge in [0.25, 0.3) is 0 Å². The van der Waals surface area contributed by atoms with Crippen molar-refractivity contribution >= 4 is 0 Å². The summed E-state index contributed by atoms with van der Waals surface area (Å²) < 4.78 is 5.73. The van der Waals surface area contributed by atoms with Crippen molar-refractivity contribution in [1.29, 1.82) is 0 Å². The second-order valence-electron chi connectivity index (χ2n) is 40.1. The van der Waals surface area contributed by atoms with Crippen molar-refractivity contribution in [3.8, 4) is 0 Å². The van der Waals surface area contributed by atoms with Crippen LogP contribution in [0.15, 0.2) is 0 Å². The molecule has 1 saturated carbocycles. The molecule has 8 atom stereocenters. The highest BCUT2D eigenvalue weighted by molar-refractivity contribution is 5.04. The molecule has 0 aromatic rings. The summed E-state index contributed by atoms with van der Waals surface area (Å²) in [5, 5.41) is 10.5. The third-order valence-electron chi connectivity index (χ3n) is 24.9. The molecule has 13 fully saturated rings. The van der Waals surface area contributed by atoms with Gasteiger partial charge in [0.15, 0.2) is 0 Å². The van der Waals surface area contributed by atoms with Crippen LogP contribution in [0.2, 0.25) is 0 Å². The Morgan fingerprint density at radius 1 is 0.370 bits per heavy atom. The van der Waals surface area contributed by atoms with Crippen LogP contribution in [-0.4, -0.2) is 292 Å². The Morgan fingerprint density at radius 2 is 0.793 bits per heavy atom. The Morgan fingerprint density at radius 3 is 1.22 bits per heavy atom. The second-order valence-corrected chi connectivity index (χ2v) is 40.1. The molecule has 0 radical (unpaired) electrons. The van der Waals surface area contributed by atoms with E-state index in [0.29, 0.717) is 55.6 Å². The average molecular weight is 1290 g/mol. The fourth-order valence-corrected chi connectivity index (χ4v) is 18.1. The van der Waals surface area contributed by atoms with Gasteiger partial charge in [0.05, 0.1) is 12.7 Å². The Bertz CT molecular complexity index is 2070. The molecule has 3 N–H and O–H groups in total. The molecule has 0 amide bonds. The van der Waals surface area contributed by atoms with Gasteiger partial charge in [0, 0.05) is 168 Å². The van der Waals surface area contributed by atoms with Crippen LogP contribution < -0.4 is 16.0 Å². The minimum atomic E-state index is 0.272. The first kappa shape index (κ1) is 78.8. The molecule has 0 bridgehead atoms. The standard InChI is InChI=1S/C12H24N2.C11H24N2O.4C11H22N2.C11H21N/c1-11(2,3)14-8-6-12(10-14)5-4-7-13-9-12;1-11(2,3)13-6-7-14-10(9-13)8-12(4)5;1-11(2,3)13-7-9-5-12(4)6-10(9)8-13;1-11(2,3)13-7-9-5-6-12(4)10(9)8-13;1-10(2,3)13-8-11(9-13)4-6-12-7-5-11;1-10(2,3)13-8-11(9-13)5-4-6-12-7-11;1-11(2,3)12-7-9-5-4-6-10(9)8-12/h13H,4-10H2,1-3H3;10H,6-9H2,1-5H3;2*9-10H,5-8H2,1-4H3;2*12H,4-9H2,1-3H3;9-10H,4-8H2,1-3H3/t;;2*9-,10+;;;9-,10+/m...1.../s1. The molecular formula is C78H157N13O. The number of likely N-dealkylation sites (N-methyl/N-ethyl adjacent to an activating group) is 2. The lowest BCUT2D eigenvalue weighted by Crippen LogP contribution is -2.66. The first-order valence-corrected chi connectivity index (χ1v) is 38.5. The third kappa shape index (κ3) is 22.7. The summed E-state index contributed by atoms with van der Waals surface area (Å²) in [5.74, 6) is 4.94. The van der Waals surface area contributed by atoms with Crippen molar-refractivity contribution < 1.29 is 4.74 Å². The van der Waals surface area contributed by atoms with E-state index in [2.05, 4.69) is 239 Å². The molecule has 3 spiro atoms. The van der Waals surface area contributed by atoms with Crippen molar-refractivity contribution in [3.05, 3.63) is 0 Å². The molecule has 92 heavy (non-hydrogen) atoms. The van der Waals surface area contributed by atoms with Gasteiger partial charge in [-0.15, -0.1) is 0 Å². The van der Waals surface area contributed by atoms with E-state index in [0.717, 1.165) is 61.9 Å². The van der Waals surface area contributed by atoms with Gasteiger partial charge < -0.3 is 35.4 Å². The molecule has 12 aliphatic heterocycles. The molecule has 14 heteroatoms. The highest BCUT2D eigenvalue weighted by atomic mass is 16.5. The van der Waals surface area contributed by atoms with Crippen LogP contribution in [0.25, 0.3) is 0 Å². The zero-order chi connectivity index (χ0) is 68.1. The number of rotatable bonds is 2. The molecule has 1 aliphatic carbocycles. The highest BCUT2D eigenvalue weighted by Gasteiger charge is 2.49. The van der Waals surface area contributed by atoms with Gasteiger partial charge in [-0.25, -0.2) is 0 Å². The van der Waals surface area contributed by atoms with Crippen molar-refractivity contribution in [2.45, 2.75) is 267 Å². The van der Waals surface area contributed by atoms with E-state index in [1.807, 2.05) is 0 Å². The van der Waals surface area contributed by atoms with Gasteiger partial charge in [-0.1, -0.05) is 6.42 Å². The number of hydrogen-bond donors (Lipinski definition) is 3. The molecule has 13 rings (SSSR count). The molecule has 0 aromatic heterocycles. The lowest BCUT2D eigenvalue weighted by Gasteiger charge is -2.57. The summed E-state index contributed by atoms with van der Waals surface area (Å²) in [6.45, 7) is 80.0. The maximum atomic E-state index is 5.73. The van der Waals surface area contributed by atoms with Gasteiger partial charge in [-0.2, -0.15) is 0 Å². The summed E-state index contributed by atoms with van der Waals surface area (Å²) in [6, 6.07) is 0.847.